The summed E-state index contributed by atoms with van der Waals surface area (Å²) in [5.74, 6) is 2.53. The molecule has 0 radical (unpaired) electrons. The Labute approximate surface area is 144 Å². The molecule has 1 saturated heterocycles. The molecule has 1 fully saturated rings. The molecule has 4 heteroatoms. The van der Waals surface area contributed by atoms with Crippen LogP contribution in [0.5, 0.6) is 17.2 Å². The Morgan fingerprint density at radius 3 is 2.42 bits per heavy atom. The Morgan fingerprint density at radius 1 is 0.833 bits per heavy atom. The molecule has 2 aromatic rings. The van der Waals surface area contributed by atoms with Crippen LogP contribution >= 0.6 is 0 Å². The van der Waals surface area contributed by atoms with Crippen molar-refractivity contribution in [1.82, 2.24) is 0 Å². The number of piperazine rings is 1. The molecule has 3 N–H and O–H groups in total. The molecular formula is C20H28N2O2+2. The molecule has 2 aromatic carbocycles. The second-order valence-corrected chi connectivity index (χ2v) is 6.31. The second-order valence-electron chi connectivity index (χ2n) is 6.31. The SMILES string of the molecule is c1ccc(Oc2cccc(OCCCC[NH+]3CC[NH2+]CC3)c2)cc1. The average Bonchev–Trinajstić information content (AvgIpc) is 2.63. The summed E-state index contributed by atoms with van der Waals surface area (Å²) in [6.45, 7) is 7.21. The fraction of sp³-hybridized carbons (Fsp3) is 0.400. The van der Waals surface area contributed by atoms with Crippen LogP contribution in [-0.2, 0) is 0 Å². The number of rotatable bonds is 8. The van der Waals surface area contributed by atoms with E-state index in [0.29, 0.717) is 0 Å². The third kappa shape index (κ3) is 5.55. The van der Waals surface area contributed by atoms with Crippen molar-refractivity contribution in [3.63, 3.8) is 0 Å². The maximum absolute atomic E-state index is 5.88. The Balaban J connectivity index is 1.38. The van der Waals surface area contributed by atoms with E-state index in [4.69, 9.17) is 9.47 Å². The van der Waals surface area contributed by atoms with Crippen molar-refractivity contribution < 1.29 is 19.7 Å². The first kappa shape index (κ1) is 16.8. The number of hydrogen-bond acceptors (Lipinski definition) is 2. The molecule has 0 unspecified atom stereocenters. The van der Waals surface area contributed by atoms with Crippen molar-refractivity contribution in [2.24, 2.45) is 0 Å². The molecule has 3 rings (SSSR count). The van der Waals surface area contributed by atoms with E-state index in [-0.39, 0.29) is 0 Å². The highest BCUT2D eigenvalue weighted by Crippen LogP contribution is 2.25. The number of hydrogen-bond donors (Lipinski definition) is 2. The van der Waals surface area contributed by atoms with Gasteiger partial charge in [-0.15, -0.1) is 0 Å². The summed E-state index contributed by atoms with van der Waals surface area (Å²) in [6, 6.07) is 17.7. The van der Waals surface area contributed by atoms with Crippen LogP contribution < -0.4 is 19.7 Å². The van der Waals surface area contributed by atoms with E-state index in [1.807, 2.05) is 54.6 Å². The number of quaternary nitrogens is 2. The predicted octanol–water partition coefficient (Wildman–Crippen LogP) is 1.10. The first-order valence-corrected chi connectivity index (χ1v) is 9.01. The normalized spacial score (nSPS) is 15.2. The van der Waals surface area contributed by atoms with Gasteiger partial charge in [0.1, 0.15) is 43.4 Å². The van der Waals surface area contributed by atoms with Gasteiger partial charge in [-0.25, -0.2) is 0 Å². The van der Waals surface area contributed by atoms with Crippen molar-refractivity contribution in [2.75, 3.05) is 39.3 Å². The highest BCUT2D eigenvalue weighted by Gasteiger charge is 2.14. The summed E-state index contributed by atoms with van der Waals surface area (Å²) in [6.07, 6.45) is 2.34. The summed E-state index contributed by atoms with van der Waals surface area (Å²) in [5.41, 5.74) is 0. The highest BCUT2D eigenvalue weighted by molar-refractivity contribution is 5.36. The molecule has 24 heavy (non-hydrogen) atoms. The molecule has 4 nitrogen and oxygen atoms in total. The van der Waals surface area contributed by atoms with Crippen molar-refractivity contribution >= 4 is 0 Å². The molecule has 0 aromatic heterocycles. The fourth-order valence-corrected chi connectivity index (χ4v) is 3.05. The fourth-order valence-electron chi connectivity index (χ4n) is 3.05. The average molecular weight is 328 g/mol. The molecule has 0 atom stereocenters. The summed E-state index contributed by atoms with van der Waals surface area (Å²) < 4.78 is 11.7. The van der Waals surface area contributed by atoms with Gasteiger partial charge in [-0.3, -0.25) is 0 Å². The lowest BCUT2D eigenvalue weighted by molar-refractivity contribution is -0.946. The van der Waals surface area contributed by atoms with Gasteiger partial charge >= 0.3 is 0 Å². The standard InChI is InChI=1S/C20H26N2O2/c1-2-7-18(8-3-1)24-20-10-6-9-19(17-20)23-16-5-4-13-22-14-11-21-12-15-22/h1-3,6-10,17,21H,4-5,11-16H2/p+2. The lowest BCUT2D eigenvalue weighted by Crippen LogP contribution is -3.20. The van der Waals surface area contributed by atoms with Gasteiger partial charge in [0.2, 0.25) is 0 Å². The van der Waals surface area contributed by atoms with Crippen LogP contribution in [0.15, 0.2) is 54.6 Å². The van der Waals surface area contributed by atoms with Crippen LogP contribution in [0.1, 0.15) is 12.8 Å². The van der Waals surface area contributed by atoms with Crippen molar-refractivity contribution in [2.45, 2.75) is 12.8 Å². The second kappa shape index (κ2) is 9.30. The van der Waals surface area contributed by atoms with Crippen LogP contribution in [0.3, 0.4) is 0 Å². The molecule has 1 aliphatic rings. The van der Waals surface area contributed by atoms with Crippen LogP contribution in [0.2, 0.25) is 0 Å². The monoisotopic (exact) mass is 328 g/mol. The minimum absolute atomic E-state index is 0.772. The Bertz CT molecular complexity index is 598. The van der Waals surface area contributed by atoms with Crippen molar-refractivity contribution in [3.8, 4) is 17.2 Å². The highest BCUT2D eigenvalue weighted by atomic mass is 16.5. The number of benzene rings is 2. The summed E-state index contributed by atoms with van der Waals surface area (Å²) in [7, 11) is 0. The van der Waals surface area contributed by atoms with Crippen molar-refractivity contribution in [3.05, 3.63) is 54.6 Å². The first-order valence-electron chi connectivity index (χ1n) is 9.01. The lowest BCUT2D eigenvalue weighted by Gasteiger charge is -2.22. The van der Waals surface area contributed by atoms with E-state index in [1.54, 1.807) is 4.90 Å². The molecule has 0 amide bonds. The third-order valence-electron chi connectivity index (χ3n) is 4.38. The maximum Gasteiger partial charge on any atom is 0.131 e. The summed E-state index contributed by atoms with van der Waals surface area (Å²) in [5, 5.41) is 2.41. The minimum atomic E-state index is 0.772. The largest absolute Gasteiger partial charge is 0.493 e. The zero-order chi connectivity index (χ0) is 16.5. The number of nitrogens with two attached hydrogens (primary N) is 1. The van der Waals surface area contributed by atoms with E-state index in [2.05, 4.69) is 5.32 Å². The van der Waals surface area contributed by atoms with Crippen molar-refractivity contribution in [1.29, 1.82) is 0 Å². The minimum Gasteiger partial charge on any atom is -0.493 e. The maximum atomic E-state index is 5.88. The van der Waals surface area contributed by atoms with Gasteiger partial charge < -0.3 is 19.7 Å². The van der Waals surface area contributed by atoms with Gasteiger partial charge in [-0.2, -0.15) is 0 Å². The van der Waals surface area contributed by atoms with Gasteiger partial charge in [-0.1, -0.05) is 24.3 Å². The number of ether oxygens (including phenoxy) is 2. The molecule has 1 heterocycles. The van der Waals surface area contributed by atoms with Gasteiger partial charge in [0.15, 0.2) is 0 Å². The zero-order valence-electron chi connectivity index (χ0n) is 14.2. The topological polar surface area (TPSA) is 39.5 Å². The van der Waals surface area contributed by atoms with E-state index in [0.717, 1.165) is 30.3 Å². The van der Waals surface area contributed by atoms with Crippen LogP contribution in [0, 0.1) is 0 Å². The first-order chi connectivity index (χ1) is 11.9. The summed E-state index contributed by atoms with van der Waals surface area (Å²) >= 11 is 0. The molecule has 0 aliphatic carbocycles. The molecular weight excluding hydrogens is 300 g/mol. The number of nitrogens with one attached hydrogen (secondary N) is 1. The van der Waals surface area contributed by atoms with E-state index < -0.39 is 0 Å². The Morgan fingerprint density at radius 2 is 1.58 bits per heavy atom. The Kier molecular flexibility index (Phi) is 6.51. The predicted molar refractivity (Wildman–Crippen MR) is 94.9 cm³/mol. The number of unbranched alkanes of at least 4 members (excludes halogenated alkanes) is 1. The van der Waals surface area contributed by atoms with Crippen LogP contribution in [-0.4, -0.2) is 39.3 Å². The quantitative estimate of drug-likeness (QED) is 0.713. The molecule has 0 spiro atoms. The van der Waals surface area contributed by atoms with Gasteiger partial charge in [0.05, 0.1) is 13.2 Å². The van der Waals surface area contributed by atoms with E-state index >= 15 is 0 Å². The smallest absolute Gasteiger partial charge is 0.131 e. The number of para-hydroxylation sites is 1. The molecule has 1 aliphatic heterocycles. The van der Waals surface area contributed by atoms with E-state index in [1.165, 1.54) is 39.1 Å². The third-order valence-corrected chi connectivity index (χ3v) is 4.38. The molecule has 0 bridgehead atoms. The van der Waals surface area contributed by atoms with Gasteiger partial charge in [0, 0.05) is 6.07 Å². The zero-order valence-corrected chi connectivity index (χ0v) is 14.2. The molecule has 0 saturated carbocycles. The van der Waals surface area contributed by atoms with Gasteiger partial charge in [-0.05, 0) is 37.1 Å². The molecule has 128 valence electrons. The van der Waals surface area contributed by atoms with Crippen LogP contribution in [0.4, 0.5) is 0 Å². The van der Waals surface area contributed by atoms with Gasteiger partial charge in [0.25, 0.3) is 0 Å². The summed E-state index contributed by atoms with van der Waals surface area (Å²) in [4.78, 5) is 1.75. The Hall–Kier alpha value is -2.04. The van der Waals surface area contributed by atoms with E-state index in [9.17, 15) is 0 Å². The lowest BCUT2D eigenvalue weighted by atomic mass is 10.2. The van der Waals surface area contributed by atoms with Crippen LogP contribution in [0.25, 0.3) is 0 Å².